The topological polar surface area (TPSA) is 78.1 Å². The first-order chi connectivity index (χ1) is 11.6. The lowest BCUT2D eigenvalue weighted by Gasteiger charge is -2.28. The second-order valence-corrected chi connectivity index (χ2v) is 9.39. The number of fused-ring (bicyclic) bond motifs is 1. The highest BCUT2D eigenvalue weighted by Gasteiger charge is 2.24. The van der Waals surface area contributed by atoms with E-state index in [2.05, 4.69) is 20.2 Å². The van der Waals surface area contributed by atoms with Crippen LogP contribution >= 0.6 is 22.9 Å². The predicted octanol–water partition coefficient (Wildman–Crippen LogP) is 2.52. The number of sulfone groups is 1. The molecule has 24 heavy (non-hydrogen) atoms. The van der Waals surface area contributed by atoms with Crippen molar-refractivity contribution in [3.63, 3.8) is 0 Å². The largest absolute Gasteiger partial charge is 0.354 e. The monoisotopic (exact) mass is 382 g/mol. The summed E-state index contributed by atoms with van der Waals surface area (Å²) in [7, 11) is -3.61. The molecular formula is C15H15ClN4O2S2. The molecular weight excluding hydrogens is 368 g/mol. The zero-order valence-electron chi connectivity index (χ0n) is 12.6. The Morgan fingerprint density at radius 2 is 2.00 bits per heavy atom. The van der Waals surface area contributed by atoms with E-state index in [1.54, 1.807) is 24.4 Å². The lowest BCUT2D eigenvalue weighted by molar-refractivity contribution is 0.586. The van der Waals surface area contributed by atoms with E-state index in [1.807, 2.05) is 0 Å². The highest BCUT2D eigenvalue weighted by Crippen LogP contribution is 2.33. The Hall–Kier alpha value is -1.61. The molecule has 3 aromatic heterocycles. The van der Waals surface area contributed by atoms with Crippen LogP contribution in [0, 0.1) is 0 Å². The number of rotatable bonds is 3. The maximum atomic E-state index is 12.8. The number of H-pyrrole nitrogens is 1. The van der Waals surface area contributed by atoms with Gasteiger partial charge in [0, 0.05) is 37.8 Å². The summed E-state index contributed by atoms with van der Waals surface area (Å²) in [5, 5.41) is 4.29. The van der Waals surface area contributed by atoms with Crippen LogP contribution in [0.3, 0.4) is 0 Å². The van der Waals surface area contributed by atoms with E-state index < -0.39 is 9.84 Å². The van der Waals surface area contributed by atoms with E-state index in [1.165, 1.54) is 6.07 Å². The molecule has 2 N–H and O–H groups in total. The quantitative estimate of drug-likeness (QED) is 0.727. The molecule has 1 fully saturated rings. The van der Waals surface area contributed by atoms with Gasteiger partial charge in [-0.25, -0.2) is 13.4 Å². The van der Waals surface area contributed by atoms with Crippen LogP contribution in [-0.2, 0) is 9.84 Å². The highest BCUT2D eigenvalue weighted by atomic mass is 35.5. The number of hydrogen-bond donors (Lipinski definition) is 2. The fourth-order valence-electron chi connectivity index (χ4n) is 2.84. The minimum absolute atomic E-state index is 0.167. The summed E-state index contributed by atoms with van der Waals surface area (Å²) in [5.74, 6) is 0.816. The van der Waals surface area contributed by atoms with Crippen molar-refractivity contribution < 1.29 is 8.42 Å². The van der Waals surface area contributed by atoms with Gasteiger partial charge in [0.05, 0.1) is 9.85 Å². The van der Waals surface area contributed by atoms with Crippen LogP contribution in [0.15, 0.2) is 39.7 Å². The molecule has 0 atom stereocenters. The summed E-state index contributed by atoms with van der Waals surface area (Å²) in [6.45, 7) is 3.47. The van der Waals surface area contributed by atoms with Gasteiger partial charge in [0.1, 0.15) is 15.1 Å². The van der Waals surface area contributed by atoms with Gasteiger partial charge >= 0.3 is 0 Å². The minimum Gasteiger partial charge on any atom is -0.354 e. The molecule has 1 aliphatic rings. The molecule has 126 valence electrons. The van der Waals surface area contributed by atoms with E-state index in [-0.39, 0.29) is 9.24 Å². The van der Waals surface area contributed by atoms with Gasteiger partial charge in [-0.15, -0.1) is 11.3 Å². The maximum Gasteiger partial charge on any atom is 0.231 e. The van der Waals surface area contributed by atoms with Crippen molar-refractivity contribution in [1.29, 1.82) is 0 Å². The number of thiophene rings is 1. The molecule has 0 spiro atoms. The van der Waals surface area contributed by atoms with Crippen LogP contribution in [0.1, 0.15) is 0 Å². The average Bonchev–Trinajstić information content (AvgIpc) is 3.22. The zero-order valence-corrected chi connectivity index (χ0v) is 15.0. The van der Waals surface area contributed by atoms with Crippen molar-refractivity contribution in [2.24, 2.45) is 0 Å². The molecule has 1 aliphatic heterocycles. The molecule has 0 radical (unpaired) electrons. The smallest absolute Gasteiger partial charge is 0.231 e. The molecule has 0 bridgehead atoms. The summed E-state index contributed by atoms with van der Waals surface area (Å²) in [4.78, 5) is 9.66. The molecule has 4 rings (SSSR count). The van der Waals surface area contributed by atoms with E-state index in [9.17, 15) is 8.42 Å². The predicted molar refractivity (Wildman–Crippen MR) is 96.0 cm³/mol. The summed E-state index contributed by atoms with van der Waals surface area (Å²) in [6.07, 6.45) is 1.70. The highest BCUT2D eigenvalue weighted by molar-refractivity contribution is 7.93. The Kier molecular flexibility index (Phi) is 4.00. The van der Waals surface area contributed by atoms with Gasteiger partial charge in [-0.1, -0.05) is 11.6 Å². The molecule has 3 aromatic rings. The molecule has 9 heteroatoms. The first kappa shape index (κ1) is 15.9. The molecule has 4 heterocycles. The summed E-state index contributed by atoms with van der Waals surface area (Å²) in [5.41, 5.74) is 0.764. The van der Waals surface area contributed by atoms with Crippen molar-refractivity contribution in [1.82, 2.24) is 15.3 Å². The fraction of sp³-hybridized carbons (Fsp3) is 0.267. The van der Waals surface area contributed by atoms with Crippen LogP contribution in [-0.4, -0.2) is 44.6 Å². The van der Waals surface area contributed by atoms with E-state index in [0.717, 1.165) is 54.2 Å². The second-order valence-electron chi connectivity index (χ2n) is 5.53. The number of aromatic nitrogens is 2. The van der Waals surface area contributed by atoms with Gasteiger partial charge in [0.15, 0.2) is 0 Å². The van der Waals surface area contributed by atoms with Gasteiger partial charge in [-0.2, -0.15) is 0 Å². The van der Waals surface area contributed by atoms with Gasteiger partial charge in [-0.3, -0.25) is 0 Å². The molecule has 0 aliphatic carbocycles. The Morgan fingerprint density at radius 3 is 2.71 bits per heavy atom. The number of pyridine rings is 1. The molecule has 0 aromatic carbocycles. The van der Waals surface area contributed by atoms with E-state index in [4.69, 9.17) is 11.6 Å². The van der Waals surface area contributed by atoms with Crippen LogP contribution in [0.5, 0.6) is 0 Å². The van der Waals surface area contributed by atoms with E-state index in [0.29, 0.717) is 4.34 Å². The number of nitrogens with one attached hydrogen (secondary N) is 2. The lowest BCUT2D eigenvalue weighted by Crippen LogP contribution is -2.43. The van der Waals surface area contributed by atoms with Crippen LogP contribution in [0.4, 0.5) is 5.82 Å². The Balaban J connectivity index is 1.81. The van der Waals surface area contributed by atoms with Crippen molar-refractivity contribution in [2.75, 3.05) is 31.1 Å². The first-order valence-electron chi connectivity index (χ1n) is 7.49. The third-order valence-corrected chi connectivity index (χ3v) is 7.42. The normalized spacial score (nSPS) is 16.0. The Labute approximate surface area is 148 Å². The number of nitrogens with zero attached hydrogens (tertiary/aromatic N) is 2. The summed E-state index contributed by atoms with van der Waals surface area (Å²) in [6, 6.07) is 6.59. The number of halogens is 1. The first-order valence-corrected chi connectivity index (χ1v) is 10.2. The number of aromatic amines is 1. The van der Waals surface area contributed by atoms with E-state index >= 15 is 0 Å². The number of piperazine rings is 1. The third-order valence-electron chi connectivity index (χ3n) is 4.02. The molecule has 0 amide bonds. The molecule has 6 nitrogen and oxygen atoms in total. The Morgan fingerprint density at radius 1 is 1.21 bits per heavy atom. The average molecular weight is 383 g/mol. The van der Waals surface area contributed by atoms with Crippen molar-refractivity contribution in [2.45, 2.75) is 9.24 Å². The number of hydrogen-bond acceptors (Lipinski definition) is 6. The van der Waals surface area contributed by atoms with Crippen molar-refractivity contribution in [3.8, 4) is 0 Å². The fourth-order valence-corrected chi connectivity index (χ4v) is 5.71. The minimum atomic E-state index is -3.61. The van der Waals surface area contributed by atoms with Crippen molar-refractivity contribution in [3.05, 3.63) is 34.8 Å². The lowest BCUT2D eigenvalue weighted by atomic mass is 10.2. The van der Waals surface area contributed by atoms with Gasteiger partial charge in [0.25, 0.3) is 0 Å². The van der Waals surface area contributed by atoms with Gasteiger partial charge in [-0.05, 0) is 24.3 Å². The molecule has 1 saturated heterocycles. The zero-order chi connectivity index (χ0) is 16.7. The van der Waals surface area contributed by atoms with Gasteiger partial charge in [0.2, 0.25) is 9.84 Å². The van der Waals surface area contributed by atoms with Crippen molar-refractivity contribution >= 4 is 49.5 Å². The summed E-state index contributed by atoms with van der Waals surface area (Å²) >= 11 is 6.94. The standard InChI is InChI=1S/C15H15ClN4O2S2/c16-12-1-2-14(23-12)24(21,22)13-9-10-11(19-13)3-4-18-15(10)20-7-5-17-6-8-20/h1-4,9,17,19H,5-8H2. The molecule has 0 saturated carbocycles. The molecule has 0 unspecified atom stereocenters. The second kappa shape index (κ2) is 6.03. The number of anilines is 1. The third kappa shape index (κ3) is 2.69. The van der Waals surface area contributed by atoms with Crippen LogP contribution in [0.2, 0.25) is 4.34 Å². The van der Waals surface area contributed by atoms with Crippen LogP contribution < -0.4 is 10.2 Å². The SMILES string of the molecule is O=S(=O)(c1cc2c(N3CCNCC3)nccc2[nH]1)c1ccc(Cl)s1. The summed E-state index contributed by atoms with van der Waals surface area (Å²) < 4.78 is 26.2. The Bertz CT molecular complexity index is 990. The van der Waals surface area contributed by atoms with Crippen LogP contribution in [0.25, 0.3) is 10.9 Å². The maximum absolute atomic E-state index is 12.8. The van der Waals surface area contributed by atoms with Gasteiger partial charge < -0.3 is 15.2 Å².